The molecule has 1 amide bonds. The predicted molar refractivity (Wildman–Crippen MR) is 113 cm³/mol. The minimum absolute atomic E-state index is 0.171. The standard InChI is InChI=1S/C21H14N4O5S/c1-30-12-8-6-11(7-9-12)18-22-21-25(23-18)20(29)17(31-21)16-13-4-2-3-5-14(13)24(19(16)28)10-15(26)27/h2-9H,10H2,1H3,(H,26,27)/b17-16+. The Morgan fingerprint density at radius 1 is 1.13 bits per heavy atom. The van der Waals surface area contributed by atoms with Crippen LogP contribution in [0, 0.1) is 0 Å². The van der Waals surface area contributed by atoms with E-state index < -0.39 is 24.0 Å². The average Bonchev–Trinajstić information content (AvgIpc) is 3.40. The Bertz CT molecular complexity index is 1470. The number of carboxylic acid groups (broad SMARTS) is 1. The summed E-state index contributed by atoms with van der Waals surface area (Å²) < 4.78 is 6.49. The molecule has 1 aliphatic rings. The molecule has 0 unspecified atom stereocenters. The summed E-state index contributed by atoms with van der Waals surface area (Å²) in [5, 5.41) is 13.5. The molecule has 0 spiro atoms. The maximum Gasteiger partial charge on any atom is 0.323 e. The molecule has 2 aromatic carbocycles. The van der Waals surface area contributed by atoms with Crippen LogP contribution in [0.1, 0.15) is 5.56 Å². The SMILES string of the molecule is COc1ccc(-c2nc3s/c(=C4/C(=O)N(CC(=O)O)c5ccccc54)c(=O)n3n2)cc1. The van der Waals surface area contributed by atoms with Gasteiger partial charge in [-0.15, -0.1) is 5.10 Å². The van der Waals surface area contributed by atoms with Crippen molar-refractivity contribution in [2.24, 2.45) is 0 Å². The number of aliphatic carboxylic acids is 1. The Morgan fingerprint density at radius 3 is 2.55 bits per heavy atom. The minimum atomic E-state index is -1.14. The van der Waals surface area contributed by atoms with Crippen molar-refractivity contribution in [1.29, 1.82) is 0 Å². The van der Waals surface area contributed by atoms with Crippen LogP contribution in [0.25, 0.3) is 21.9 Å². The molecule has 10 heteroatoms. The molecule has 0 radical (unpaired) electrons. The van der Waals surface area contributed by atoms with Crippen LogP contribution >= 0.6 is 11.3 Å². The van der Waals surface area contributed by atoms with Gasteiger partial charge in [-0.1, -0.05) is 29.5 Å². The zero-order chi connectivity index (χ0) is 21.7. The van der Waals surface area contributed by atoms with Crippen molar-refractivity contribution in [2.75, 3.05) is 18.6 Å². The lowest BCUT2D eigenvalue weighted by molar-refractivity contribution is -0.136. The number of hydrogen-bond donors (Lipinski definition) is 1. The summed E-state index contributed by atoms with van der Waals surface area (Å²) in [5.74, 6) is -0.593. The summed E-state index contributed by atoms with van der Waals surface area (Å²) in [5.41, 5.74) is 1.40. The third-order valence-electron chi connectivity index (χ3n) is 4.95. The number of fused-ring (bicyclic) bond motifs is 2. The topological polar surface area (TPSA) is 114 Å². The molecule has 0 atom stereocenters. The van der Waals surface area contributed by atoms with Gasteiger partial charge in [0.2, 0.25) is 4.96 Å². The van der Waals surface area contributed by atoms with E-state index in [9.17, 15) is 19.5 Å². The number of thiazole rings is 1. The van der Waals surface area contributed by atoms with E-state index in [-0.39, 0.29) is 10.1 Å². The van der Waals surface area contributed by atoms with Crippen molar-refractivity contribution in [2.45, 2.75) is 0 Å². The van der Waals surface area contributed by atoms with E-state index in [1.54, 1.807) is 55.6 Å². The van der Waals surface area contributed by atoms with Crippen molar-refractivity contribution >= 4 is 39.4 Å². The molecule has 9 nitrogen and oxygen atoms in total. The molecule has 154 valence electrons. The van der Waals surface area contributed by atoms with Crippen LogP contribution in [0.2, 0.25) is 0 Å². The second-order valence-electron chi connectivity index (χ2n) is 6.77. The largest absolute Gasteiger partial charge is 0.497 e. The predicted octanol–water partition coefficient (Wildman–Crippen LogP) is 1.18. The maximum atomic E-state index is 13.1. The molecule has 5 rings (SSSR count). The molecular formula is C21H14N4O5S. The molecule has 0 fully saturated rings. The van der Waals surface area contributed by atoms with Gasteiger partial charge in [-0.25, -0.2) is 0 Å². The van der Waals surface area contributed by atoms with Gasteiger partial charge < -0.3 is 9.84 Å². The Morgan fingerprint density at radius 2 is 1.87 bits per heavy atom. The highest BCUT2D eigenvalue weighted by atomic mass is 32.1. The summed E-state index contributed by atoms with van der Waals surface area (Å²) in [4.78, 5) is 43.3. The number of hydrogen-bond acceptors (Lipinski definition) is 7. The first kappa shape index (κ1) is 18.9. The number of para-hydroxylation sites is 1. The Kier molecular flexibility index (Phi) is 4.29. The number of amides is 1. The molecule has 1 N–H and O–H groups in total. The van der Waals surface area contributed by atoms with Gasteiger partial charge in [0.05, 0.1) is 18.4 Å². The number of carbonyl (C=O) groups excluding carboxylic acids is 1. The molecule has 0 bridgehead atoms. The van der Waals surface area contributed by atoms with Gasteiger partial charge >= 0.3 is 5.97 Å². The van der Waals surface area contributed by atoms with Crippen molar-refractivity contribution in [1.82, 2.24) is 14.6 Å². The van der Waals surface area contributed by atoms with Gasteiger partial charge in [-0.3, -0.25) is 19.3 Å². The fourth-order valence-electron chi connectivity index (χ4n) is 3.54. The number of carboxylic acids is 1. The van der Waals surface area contributed by atoms with E-state index >= 15 is 0 Å². The summed E-state index contributed by atoms with van der Waals surface area (Å²) in [6.45, 7) is -0.490. The Balaban J connectivity index is 1.67. The Hall–Kier alpha value is -4.05. The van der Waals surface area contributed by atoms with Crippen molar-refractivity contribution in [3.63, 3.8) is 0 Å². The molecule has 2 aromatic heterocycles. The fourth-order valence-corrected chi connectivity index (χ4v) is 4.54. The van der Waals surface area contributed by atoms with E-state index in [2.05, 4.69) is 10.1 Å². The average molecular weight is 434 g/mol. The van der Waals surface area contributed by atoms with E-state index in [1.165, 1.54) is 4.52 Å². The van der Waals surface area contributed by atoms with Crippen molar-refractivity contribution in [3.05, 3.63) is 69.0 Å². The van der Waals surface area contributed by atoms with Crippen LogP contribution < -0.4 is 19.7 Å². The molecule has 31 heavy (non-hydrogen) atoms. The summed E-state index contributed by atoms with van der Waals surface area (Å²) in [6.07, 6.45) is 0. The van der Waals surface area contributed by atoms with Crippen LogP contribution in [0.3, 0.4) is 0 Å². The molecule has 0 saturated carbocycles. The first-order valence-corrected chi connectivity index (χ1v) is 10.0. The molecule has 0 aliphatic carbocycles. The highest BCUT2D eigenvalue weighted by molar-refractivity contribution is 7.15. The number of ether oxygens (including phenoxy) is 1. The smallest absolute Gasteiger partial charge is 0.323 e. The number of benzene rings is 2. The zero-order valence-electron chi connectivity index (χ0n) is 16.1. The van der Waals surface area contributed by atoms with Gasteiger partial charge in [0.1, 0.15) is 16.8 Å². The minimum Gasteiger partial charge on any atom is -0.497 e. The van der Waals surface area contributed by atoms with Crippen LogP contribution in [0.4, 0.5) is 5.69 Å². The first-order chi connectivity index (χ1) is 15.0. The van der Waals surface area contributed by atoms with Gasteiger partial charge in [-0.05, 0) is 30.3 Å². The van der Waals surface area contributed by atoms with Gasteiger partial charge in [-0.2, -0.15) is 9.50 Å². The monoisotopic (exact) mass is 434 g/mol. The first-order valence-electron chi connectivity index (χ1n) is 9.19. The van der Waals surface area contributed by atoms with Crippen molar-refractivity contribution < 1.29 is 19.4 Å². The molecule has 4 aromatic rings. The second kappa shape index (κ2) is 7.03. The summed E-state index contributed by atoms with van der Waals surface area (Å²) in [7, 11) is 1.57. The quantitative estimate of drug-likeness (QED) is 0.513. The molecule has 0 saturated heterocycles. The molecular weight excluding hydrogens is 420 g/mol. The van der Waals surface area contributed by atoms with E-state index in [0.717, 1.165) is 21.8 Å². The Labute approximate surface area is 178 Å². The van der Waals surface area contributed by atoms with Gasteiger partial charge in [0.25, 0.3) is 11.5 Å². The number of methoxy groups -OCH3 is 1. The van der Waals surface area contributed by atoms with Gasteiger partial charge in [0.15, 0.2) is 5.82 Å². The lowest BCUT2D eigenvalue weighted by Gasteiger charge is -2.13. The molecule has 3 heterocycles. The number of anilines is 1. The van der Waals surface area contributed by atoms with Crippen molar-refractivity contribution in [3.8, 4) is 17.1 Å². The number of carbonyl (C=O) groups is 2. The highest BCUT2D eigenvalue weighted by Gasteiger charge is 2.35. The van der Waals surface area contributed by atoms with Crippen LogP contribution in [0.15, 0.2) is 53.3 Å². The third-order valence-corrected chi connectivity index (χ3v) is 5.98. The van der Waals surface area contributed by atoms with E-state index in [0.29, 0.717) is 27.8 Å². The van der Waals surface area contributed by atoms with Crippen LogP contribution in [-0.2, 0) is 9.59 Å². The summed E-state index contributed by atoms with van der Waals surface area (Å²) >= 11 is 1.05. The van der Waals surface area contributed by atoms with E-state index in [4.69, 9.17) is 4.74 Å². The normalized spacial score (nSPS) is 14.9. The number of rotatable bonds is 4. The van der Waals surface area contributed by atoms with Gasteiger partial charge in [0, 0.05) is 11.1 Å². The third kappa shape index (κ3) is 2.96. The van der Waals surface area contributed by atoms with Crippen LogP contribution in [0.5, 0.6) is 5.75 Å². The lowest BCUT2D eigenvalue weighted by Crippen LogP contribution is -2.35. The molecule has 1 aliphatic heterocycles. The maximum absolute atomic E-state index is 13.1. The lowest BCUT2D eigenvalue weighted by atomic mass is 10.1. The van der Waals surface area contributed by atoms with Crippen LogP contribution in [-0.4, -0.2) is 45.2 Å². The number of nitrogens with zero attached hydrogens (tertiary/aromatic N) is 4. The zero-order valence-corrected chi connectivity index (χ0v) is 16.9. The fraction of sp³-hybridized carbons (Fsp3) is 0.0952. The second-order valence-corrected chi connectivity index (χ2v) is 7.75. The highest BCUT2D eigenvalue weighted by Crippen LogP contribution is 2.35. The number of aromatic nitrogens is 3. The summed E-state index contributed by atoms with van der Waals surface area (Å²) in [6, 6.07) is 13.9. The van der Waals surface area contributed by atoms with E-state index in [1.807, 2.05) is 0 Å².